The lowest BCUT2D eigenvalue weighted by Gasteiger charge is -2.40. The van der Waals surface area contributed by atoms with Crippen LogP contribution in [0.2, 0.25) is 5.02 Å². The standard InChI is InChI=1S/C34H29ClN6O/c1-4-22-14-16-23(17-15-22)31-30-21(2)39-41(25-10-6-5-7-11-25)33(30)38-34-32(36-24-18-19-29(42-3)26(35)20-24)37-27-12-8-9-13-28(27)40(31)34/h5-20,31H,4H2,1-3H3,(H,36,37). The molecular formula is C34H29ClN6O. The normalized spacial score (nSPS) is 15.2. The van der Waals surface area contributed by atoms with E-state index in [9.17, 15) is 0 Å². The van der Waals surface area contributed by atoms with E-state index in [1.54, 1.807) is 7.11 Å². The number of benzene rings is 4. The highest BCUT2D eigenvalue weighted by Crippen LogP contribution is 2.48. The fourth-order valence-electron chi connectivity index (χ4n) is 5.68. The molecule has 0 spiro atoms. The number of fused-ring (bicyclic) bond motifs is 4. The molecule has 1 aromatic heterocycles. The molecule has 0 amide bonds. The maximum Gasteiger partial charge on any atom is 0.179 e. The Hall–Kier alpha value is -4.88. The zero-order chi connectivity index (χ0) is 28.8. The molecule has 208 valence electrons. The first-order valence-corrected chi connectivity index (χ1v) is 14.3. The predicted octanol–water partition coefficient (Wildman–Crippen LogP) is 8.20. The molecule has 5 aromatic rings. The molecule has 4 aromatic carbocycles. The molecule has 1 unspecified atom stereocenters. The van der Waals surface area contributed by atoms with Crippen LogP contribution < -0.4 is 15.0 Å². The van der Waals surface area contributed by atoms with E-state index in [1.807, 2.05) is 71.4 Å². The Bertz CT molecular complexity index is 1860. The van der Waals surface area contributed by atoms with Gasteiger partial charge in [-0.25, -0.2) is 14.7 Å². The topological polar surface area (TPSA) is 67.0 Å². The maximum absolute atomic E-state index is 6.49. The first-order chi connectivity index (χ1) is 20.6. The Balaban J connectivity index is 1.46. The summed E-state index contributed by atoms with van der Waals surface area (Å²) < 4.78 is 7.30. The summed E-state index contributed by atoms with van der Waals surface area (Å²) in [4.78, 5) is 12.6. The van der Waals surface area contributed by atoms with Gasteiger partial charge in [0.1, 0.15) is 5.75 Å². The fraction of sp³-hybridized carbons (Fsp3) is 0.147. The van der Waals surface area contributed by atoms with Crippen molar-refractivity contribution in [3.05, 3.63) is 124 Å². The molecule has 0 saturated heterocycles. The molecule has 0 radical (unpaired) electrons. The summed E-state index contributed by atoms with van der Waals surface area (Å²) in [7, 11) is 1.60. The van der Waals surface area contributed by atoms with Gasteiger partial charge in [0, 0.05) is 11.3 Å². The van der Waals surface area contributed by atoms with Gasteiger partial charge in [0.15, 0.2) is 17.5 Å². The fourth-order valence-corrected chi connectivity index (χ4v) is 5.94. The van der Waals surface area contributed by atoms with E-state index in [-0.39, 0.29) is 6.04 Å². The summed E-state index contributed by atoms with van der Waals surface area (Å²) in [5, 5.41) is 9.03. The molecule has 2 aliphatic rings. The SMILES string of the molecule is CCc1ccc(C2c3c(C)nn(-c4ccccc4)c3N=C3C(Nc4ccc(OC)c(Cl)c4)=Nc4ccccc4N32)cc1. The van der Waals surface area contributed by atoms with Gasteiger partial charge >= 0.3 is 0 Å². The molecule has 1 N–H and O–H groups in total. The quantitative estimate of drug-likeness (QED) is 0.230. The van der Waals surface area contributed by atoms with Crippen molar-refractivity contribution in [2.75, 3.05) is 17.3 Å². The third-order valence-electron chi connectivity index (χ3n) is 7.76. The van der Waals surface area contributed by atoms with Gasteiger partial charge in [-0.1, -0.05) is 73.1 Å². The molecule has 0 bridgehead atoms. The Morgan fingerprint density at radius 1 is 0.905 bits per heavy atom. The number of hydrogen-bond donors (Lipinski definition) is 1. The third-order valence-corrected chi connectivity index (χ3v) is 8.05. The number of para-hydroxylation sites is 3. The van der Waals surface area contributed by atoms with Crippen molar-refractivity contribution in [2.24, 2.45) is 9.98 Å². The van der Waals surface area contributed by atoms with E-state index >= 15 is 0 Å². The van der Waals surface area contributed by atoms with Crippen LogP contribution in [0.4, 0.5) is 22.9 Å². The average Bonchev–Trinajstić information content (AvgIpc) is 3.36. The molecule has 3 heterocycles. The molecule has 42 heavy (non-hydrogen) atoms. The van der Waals surface area contributed by atoms with Gasteiger partial charge in [-0.15, -0.1) is 0 Å². The number of anilines is 2. The average molecular weight is 573 g/mol. The van der Waals surface area contributed by atoms with Crippen LogP contribution in [-0.2, 0) is 6.42 Å². The van der Waals surface area contributed by atoms with Gasteiger partial charge in [0.25, 0.3) is 0 Å². The molecule has 7 rings (SSSR count). The second-order valence-electron chi connectivity index (χ2n) is 10.3. The van der Waals surface area contributed by atoms with Gasteiger partial charge in [0.2, 0.25) is 0 Å². The van der Waals surface area contributed by atoms with Gasteiger partial charge in [0.05, 0.1) is 40.9 Å². The summed E-state index contributed by atoms with van der Waals surface area (Å²) in [6.45, 7) is 4.24. The number of nitrogens with zero attached hydrogens (tertiary/aromatic N) is 5. The van der Waals surface area contributed by atoms with Crippen molar-refractivity contribution < 1.29 is 4.74 Å². The highest BCUT2D eigenvalue weighted by molar-refractivity contribution is 6.51. The Morgan fingerprint density at radius 2 is 1.67 bits per heavy atom. The summed E-state index contributed by atoms with van der Waals surface area (Å²) in [5.41, 5.74) is 8.00. The maximum atomic E-state index is 6.49. The number of halogens is 1. The van der Waals surface area contributed by atoms with E-state index in [1.165, 1.54) is 5.56 Å². The number of nitrogens with one attached hydrogen (secondary N) is 1. The van der Waals surface area contributed by atoms with Gasteiger partial charge < -0.3 is 15.0 Å². The molecule has 7 nitrogen and oxygen atoms in total. The van der Waals surface area contributed by atoms with Gasteiger partial charge in [-0.3, -0.25) is 0 Å². The van der Waals surface area contributed by atoms with Crippen LogP contribution in [0.15, 0.2) is 107 Å². The number of amidine groups is 2. The number of aliphatic imine (C=N–C) groups is 2. The number of rotatable bonds is 5. The minimum absolute atomic E-state index is 0.177. The lowest BCUT2D eigenvalue weighted by atomic mass is 9.92. The van der Waals surface area contributed by atoms with Crippen molar-refractivity contribution in [1.82, 2.24) is 9.78 Å². The molecule has 0 aliphatic carbocycles. The molecule has 0 fully saturated rings. The number of hydrogen-bond acceptors (Lipinski definition) is 6. The zero-order valence-corrected chi connectivity index (χ0v) is 24.3. The number of methoxy groups -OCH3 is 1. The van der Waals surface area contributed by atoms with Crippen molar-refractivity contribution in [3.8, 4) is 11.4 Å². The monoisotopic (exact) mass is 572 g/mol. The highest BCUT2D eigenvalue weighted by atomic mass is 35.5. The zero-order valence-electron chi connectivity index (χ0n) is 23.5. The number of ether oxygens (including phenoxy) is 1. The lowest BCUT2D eigenvalue weighted by Crippen LogP contribution is -2.46. The molecule has 1 atom stereocenters. The lowest BCUT2D eigenvalue weighted by molar-refractivity contribution is 0.415. The summed E-state index contributed by atoms with van der Waals surface area (Å²) in [5.74, 6) is 2.72. The summed E-state index contributed by atoms with van der Waals surface area (Å²) >= 11 is 6.49. The van der Waals surface area contributed by atoms with Crippen LogP contribution in [0.25, 0.3) is 5.69 Å². The molecule has 8 heteroatoms. The molecular weight excluding hydrogens is 544 g/mol. The first kappa shape index (κ1) is 26.0. The van der Waals surface area contributed by atoms with Gasteiger partial charge in [-0.2, -0.15) is 5.10 Å². The number of aromatic nitrogens is 2. The van der Waals surface area contributed by atoms with Crippen LogP contribution in [0, 0.1) is 6.92 Å². The Kier molecular flexibility index (Phi) is 6.52. The van der Waals surface area contributed by atoms with E-state index < -0.39 is 0 Å². The van der Waals surface area contributed by atoms with E-state index in [2.05, 4.69) is 54.4 Å². The second-order valence-corrected chi connectivity index (χ2v) is 10.7. The smallest absolute Gasteiger partial charge is 0.179 e. The van der Waals surface area contributed by atoms with Crippen LogP contribution in [0.3, 0.4) is 0 Å². The van der Waals surface area contributed by atoms with Crippen LogP contribution in [0.5, 0.6) is 5.75 Å². The van der Waals surface area contributed by atoms with Crippen molar-refractivity contribution in [1.29, 1.82) is 0 Å². The van der Waals surface area contributed by atoms with Crippen LogP contribution >= 0.6 is 11.6 Å². The van der Waals surface area contributed by atoms with Gasteiger partial charge in [-0.05, 0) is 66.9 Å². The van der Waals surface area contributed by atoms with Crippen LogP contribution in [0.1, 0.15) is 35.3 Å². The van der Waals surface area contributed by atoms with Crippen molar-refractivity contribution in [2.45, 2.75) is 26.3 Å². The van der Waals surface area contributed by atoms with E-state index in [4.69, 9.17) is 31.4 Å². The van der Waals surface area contributed by atoms with E-state index in [0.717, 1.165) is 51.8 Å². The minimum Gasteiger partial charge on any atom is -0.495 e. The first-order valence-electron chi connectivity index (χ1n) is 14.0. The minimum atomic E-state index is -0.177. The largest absolute Gasteiger partial charge is 0.495 e. The second kappa shape index (κ2) is 10.5. The summed E-state index contributed by atoms with van der Waals surface area (Å²) in [6.07, 6.45) is 0.978. The highest BCUT2D eigenvalue weighted by Gasteiger charge is 2.41. The molecule has 2 aliphatic heterocycles. The van der Waals surface area contributed by atoms with Crippen molar-refractivity contribution >= 4 is 46.2 Å². The Labute approximate surface area is 249 Å². The number of aryl methyl sites for hydroxylation is 2. The Morgan fingerprint density at radius 3 is 2.40 bits per heavy atom. The summed E-state index contributed by atoms with van der Waals surface area (Å²) in [6, 6.07) is 32.6. The molecule has 0 saturated carbocycles. The third kappa shape index (κ3) is 4.33. The van der Waals surface area contributed by atoms with E-state index in [0.29, 0.717) is 22.4 Å². The van der Waals surface area contributed by atoms with Crippen molar-refractivity contribution in [3.63, 3.8) is 0 Å². The van der Waals surface area contributed by atoms with Crippen LogP contribution in [-0.4, -0.2) is 28.6 Å². The predicted molar refractivity (Wildman–Crippen MR) is 171 cm³/mol.